The lowest BCUT2D eigenvalue weighted by molar-refractivity contribution is 0.601. The van der Waals surface area contributed by atoms with Gasteiger partial charge in [-0.15, -0.1) is 11.3 Å². The van der Waals surface area contributed by atoms with E-state index in [9.17, 15) is 0 Å². The Labute approximate surface area is 90.7 Å². The van der Waals surface area contributed by atoms with Crippen LogP contribution in [0.2, 0.25) is 0 Å². The van der Waals surface area contributed by atoms with E-state index in [1.807, 2.05) is 11.3 Å². The molecule has 0 radical (unpaired) electrons. The highest BCUT2D eigenvalue weighted by Crippen LogP contribution is 2.45. The van der Waals surface area contributed by atoms with E-state index < -0.39 is 0 Å². The van der Waals surface area contributed by atoms with Crippen molar-refractivity contribution in [3.8, 4) is 0 Å². The van der Waals surface area contributed by atoms with Crippen molar-refractivity contribution in [1.82, 2.24) is 5.32 Å². The fraction of sp³-hybridized carbons (Fsp3) is 0.600. The molecule has 0 saturated heterocycles. The topological polar surface area (TPSA) is 12.0 Å². The first kappa shape index (κ1) is 8.45. The molecule has 1 aromatic heterocycles. The molecule has 0 aromatic carbocycles. The van der Waals surface area contributed by atoms with Gasteiger partial charge >= 0.3 is 0 Å². The third-order valence-corrected chi connectivity index (χ3v) is 5.21. The summed E-state index contributed by atoms with van der Waals surface area (Å²) in [5.74, 6) is 0.815. The minimum absolute atomic E-state index is 0.815. The summed E-state index contributed by atoms with van der Waals surface area (Å²) < 4.78 is 1.40. The zero-order valence-corrected chi connectivity index (χ0v) is 9.80. The first-order valence-corrected chi connectivity index (χ1v) is 6.48. The smallest absolute Gasteiger partial charge is 0.0736 e. The maximum Gasteiger partial charge on any atom is 0.0736 e. The maximum absolute atomic E-state index is 3.69. The Balaban J connectivity index is 2.16. The van der Waals surface area contributed by atoms with E-state index in [0.717, 1.165) is 12.5 Å². The summed E-state index contributed by atoms with van der Waals surface area (Å²) in [5.41, 5.74) is 3.32. The van der Waals surface area contributed by atoms with E-state index >= 15 is 0 Å². The molecule has 1 aliphatic heterocycles. The van der Waals surface area contributed by atoms with Gasteiger partial charge in [0.15, 0.2) is 0 Å². The molecule has 70 valence electrons. The standard InChI is InChI=1S/C10H12BrNS/c11-10-7-2-1-6-5-12-4-3-8(13-10)9(6)7/h6,12H,1-5H2. The number of halogens is 1. The Morgan fingerprint density at radius 3 is 3.23 bits per heavy atom. The van der Waals surface area contributed by atoms with E-state index in [2.05, 4.69) is 21.2 Å². The van der Waals surface area contributed by atoms with E-state index in [0.29, 0.717) is 0 Å². The fourth-order valence-electron chi connectivity index (χ4n) is 2.54. The second-order valence-electron chi connectivity index (χ2n) is 3.88. The van der Waals surface area contributed by atoms with Crippen molar-refractivity contribution < 1.29 is 0 Å². The van der Waals surface area contributed by atoms with Gasteiger partial charge in [-0.3, -0.25) is 0 Å². The average Bonchev–Trinajstić information content (AvgIpc) is 2.58. The van der Waals surface area contributed by atoms with E-state index in [1.54, 1.807) is 16.0 Å². The van der Waals surface area contributed by atoms with Crippen molar-refractivity contribution in [2.45, 2.75) is 25.2 Å². The predicted octanol–water partition coefficient (Wildman–Crippen LogP) is 2.69. The Bertz CT molecular complexity index is 345. The van der Waals surface area contributed by atoms with Crippen molar-refractivity contribution >= 4 is 27.3 Å². The molecule has 1 aliphatic carbocycles. The summed E-state index contributed by atoms with van der Waals surface area (Å²) in [6.45, 7) is 2.36. The second kappa shape index (κ2) is 3.07. The van der Waals surface area contributed by atoms with Gasteiger partial charge in [-0.2, -0.15) is 0 Å². The molecule has 1 unspecified atom stereocenters. The number of rotatable bonds is 0. The van der Waals surface area contributed by atoms with Crippen LogP contribution < -0.4 is 5.32 Å². The summed E-state index contributed by atoms with van der Waals surface area (Å²) >= 11 is 5.65. The van der Waals surface area contributed by atoms with Crippen molar-refractivity contribution in [1.29, 1.82) is 0 Å². The number of nitrogens with one attached hydrogen (secondary N) is 1. The van der Waals surface area contributed by atoms with E-state index in [-0.39, 0.29) is 0 Å². The van der Waals surface area contributed by atoms with Crippen molar-refractivity contribution in [3.63, 3.8) is 0 Å². The quantitative estimate of drug-likeness (QED) is 0.754. The molecule has 1 N–H and O–H groups in total. The van der Waals surface area contributed by atoms with Gasteiger partial charge in [0, 0.05) is 11.4 Å². The fourth-order valence-corrected chi connectivity index (χ4v) is 4.69. The van der Waals surface area contributed by atoms with Crippen molar-refractivity contribution in [3.05, 3.63) is 19.8 Å². The molecule has 3 rings (SSSR count). The third kappa shape index (κ3) is 1.21. The van der Waals surface area contributed by atoms with Crippen LogP contribution in [0, 0.1) is 0 Å². The summed E-state index contributed by atoms with van der Waals surface area (Å²) in [6.07, 6.45) is 3.88. The number of thiophene rings is 1. The highest BCUT2D eigenvalue weighted by Gasteiger charge is 2.30. The third-order valence-electron chi connectivity index (χ3n) is 3.15. The lowest BCUT2D eigenvalue weighted by atomic mass is 10.0. The first-order valence-electron chi connectivity index (χ1n) is 4.87. The Morgan fingerprint density at radius 2 is 2.31 bits per heavy atom. The van der Waals surface area contributed by atoms with Gasteiger partial charge in [-0.1, -0.05) is 0 Å². The Morgan fingerprint density at radius 1 is 1.38 bits per heavy atom. The van der Waals surface area contributed by atoms with Crippen LogP contribution in [0.4, 0.5) is 0 Å². The summed E-state index contributed by atoms with van der Waals surface area (Å²) in [7, 11) is 0. The SMILES string of the molecule is Brc1sc2c3c1CCC3CNCC2. The minimum Gasteiger partial charge on any atom is -0.316 e. The van der Waals surface area contributed by atoms with Crippen LogP contribution in [0.3, 0.4) is 0 Å². The van der Waals surface area contributed by atoms with Gasteiger partial charge in [0.1, 0.15) is 0 Å². The second-order valence-corrected chi connectivity index (χ2v) is 6.30. The zero-order valence-electron chi connectivity index (χ0n) is 7.40. The molecule has 0 fully saturated rings. The normalized spacial score (nSPS) is 25.8. The summed E-state index contributed by atoms with van der Waals surface area (Å²) in [4.78, 5) is 1.63. The monoisotopic (exact) mass is 257 g/mol. The largest absolute Gasteiger partial charge is 0.316 e. The zero-order chi connectivity index (χ0) is 8.84. The Hall–Kier alpha value is 0.140. The molecule has 2 aliphatic rings. The van der Waals surface area contributed by atoms with Gasteiger partial charge < -0.3 is 5.32 Å². The maximum atomic E-state index is 3.69. The molecule has 1 nitrogen and oxygen atoms in total. The molecule has 0 spiro atoms. The summed E-state index contributed by atoms with van der Waals surface area (Å²) in [6, 6.07) is 0. The lowest BCUT2D eigenvalue weighted by Crippen LogP contribution is -2.19. The van der Waals surface area contributed by atoms with Crippen LogP contribution in [0.1, 0.15) is 28.3 Å². The van der Waals surface area contributed by atoms with Crippen LogP contribution in [0.25, 0.3) is 0 Å². The van der Waals surface area contributed by atoms with Crippen molar-refractivity contribution in [2.24, 2.45) is 0 Å². The molecule has 2 heterocycles. The van der Waals surface area contributed by atoms with Gasteiger partial charge in [0.25, 0.3) is 0 Å². The lowest BCUT2D eigenvalue weighted by Gasteiger charge is -2.07. The van der Waals surface area contributed by atoms with Crippen molar-refractivity contribution in [2.75, 3.05) is 13.1 Å². The molecular weight excluding hydrogens is 246 g/mol. The van der Waals surface area contributed by atoms with Crippen LogP contribution in [-0.2, 0) is 12.8 Å². The Kier molecular flexibility index (Phi) is 2.00. The van der Waals surface area contributed by atoms with E-state index in [1.165, 1.54) is 29.6 Å². The van der Waals surface area contributed by atoms with Crippen LogP contribution in [0.15, 0.2) is 3.79 Å². The molecule has 3 heteroatoms. The molecule has 0 bridgehead atoms. The van der Waals surface area contributed by atoms with E-state index in [4.69, 9.17) is 0 Å². The molecule has 1 aromatic rings. The number of hydrogen-bond donors (Lipinski definition) is 1. The van der Waals surface area contributed by atoms with Crippen LogP contribution in [0.5, 0.6) is 0 Å². The molecule has 0 amide bonds. The van der Waals surface area contributed by atoms with Gasteiger partial charge in [-0.05, 0) is 58.8 Å². The molecule has 13 heavy (non-hydrogen) atoms. The highest BCUT2D eigenvalue weighted by molar-refractivity contribution is 9.11. The summed E-state index contributed by atoms with van der Waals surface area (Å²) in [5, 5.41) is 3.53. The number of hydrogen-bond acceptors (Lipinski definition) is 2. The van der Waals surface area contributed by atoms with Gasteiger partial charge in [0.05, 0.1) is 3.79 Å². The molecular formula is C10H12BrNS. The average molecular weight is 258 g/mol. The minimum atomic E-state index is 0.815. The van der Waals surface area contributed by atoms with Crippen LogP contribution >= 0.6 is 27.3 Å². The first-order chi connectivity index (χ1) is 6.36. The molecule has 1 atom stereocenters. The predicted molar refractivity (Wildman–Crippen MR) is 59.7 cm³/mol. The highest BCUT2D eigenvalue weighted by atomic mass is 79.9. The van der Waals surface area contributed by atoms with Gasteiger partial charge in [0.2, 0.25) is 0 Å². The molecule has 0 saturated carbocycles. The van der Waals surface area contributed by atoms with Crippen LogP contribution in [-0.4, -0.2) is 13.1 Å². The van der Waals surface area contributed by atoms with Gasteiger partial charge in [-0.25, -0.2) is 0 Å².